The molecule has 0 radical (unpaired) electrons. The number of carbonyl (C=O) groups is 1. The summed E-state index contributed by atoms with van der Waals surface area (Å²) in [4.78, 5) is 16.4. The monoisotopic (exact) mass is 312 g/mol. The average molecular weight is 312 g/mol. The van der Waals surface area contributed by atoms with E-state index in [0.29, 0.717) is 36.4 Å². The van der Waals surface area contributed by atoms with Crippen LogP contribution in [0.2, 0.25) is 0 Å². The third-order valence-corrected chi connectivity index (χ3v) is 4.71. The average Bonchev–Trinajstić information content (AvgIpc) is 2.99. The van der Waals surface area contributed by atoms with Crippen LogP contribution < -0.4 is 5.32 Å². The molecule has 0 unspecified atom stereocenters. The van der Waals surface area contributed by atoms with Crippen molar-refractivity contribution >= 4 is 5.91 Å². The Labute approximate surface area is 135 Å². The molecule has 0 bridgehead atoms. The largest absolute Gasteiger partial charge is 0.445 e. The van der Waals surface area contributed by atoms with Crippen LogP contribution in [0.3, 0.4) is 0 Å². The van der Waals surface area contributed by atoms with Crippen molar-refractivity contribution in [2.45, 2.75) is 31.3 Å². The number of amides is 1. The zero-order valence-electron chi connectivity index (χ0n) is 12.9. The predicted octanol–water partition coefficient (Wildman–Crippen LogP) is 3.06. The summed E-state index contributed by atoms with van der Waals surface area (Å²) in [5.74, 6) is 1.48. The Kier molecular flexibility index (Phi) is 3.87. The summed E-state index contributed by atoms with van der Waals surface area (Å²) in [7, 11) is 0. The summed E-state index contributed by atoms with van der Waals surface area (Å²) >= 11 is 0. The van der Waals surface area contributed by atoms with Gasteiger partial charge in [0.1, 0.15) is 6.10 Å². The number of carbonyl (C=O) groups excluding carboxylic acids is 1. The molecule has 1 aliphatic carbocycles. The molecule has 2 aromatic rings. The van der Waals surface area contributed by atoms with Crippen LogP contribution in [0.25, 0.3) is 0 Å². The number of nitrogens with one attached hydrogen (secondary N) is 1. The van der Waals surface area contributed by atoms with Gasteiger partial charge in [0.25, 0.3) is 5.91 Å². The SMILES string of the molecule is O=C(NC[C@@H]1C[C@H]1c1ccccc1)c1ncoc1[C@H]1CCCO1. The van der Waals surface area contributed by atoms with Crippen molar-refractivity contribution in [2.75, 3.05) is 13.2 Å². The van der Waals surface area contributed by atoms with Crippen LogP contribution in [0.1, 0.15) is 53.1 Å². The van der Waals surface area contributed by atoms with Crippen LogP contribution >= 0.6 is 0 Å². The van der Waals surface area contributed by atoms with Gasteiger partial charge in [0, 0.05) is 13.2 Å². The quantitative estimate of drug-likeness (QED) is 0.921. The maximum absolute atomic E-state index is 12.4. The molecule has 1 aromatic carbocycles. The molecule has 1 N–H and O–H groups in total. The molecule has 4 rings (SSSR count). The Bertz CT molecular complexity index is 677. The van der Waals surface area contributed by atoms with E-state index in [-0.39, 0.29) is 12.0 Å². The normalized spacial score (nSPS) is 26.2. The molecule has 0 spiro atoms. The minimum atomic E-state index is -0.164. The number of ether oxygens (including phenoxy) is 1. The predicted molar refractivity (Wildman–Crippen MR) is 84.1 cm³/mol. The number of oxazole rings is 1. The van der Waals surface area contributed by atoms with E-state index < -0.39 is 0 Å². The highest BCUT2D eigenvalue weighted by Crippen LogP contribution is 2.46. The highest BCUT2D eigenvalue weighted by atomic mass is 16.5. The first-order chi connectivity index (χ1) is 11.3. The molecule has 1 saturated heterocycles. The number of nitrogens with zero attached hydrogens (tertiary/aromatic N) is 1. The van der Waals surface area contributed by atoms with Crippen LogP contribution in [-0.4, -0.2) is 24.0 Å². The second-order valence-electron chi connectivity index (χ2n) is 6.29. The molecule has 2 heterocycles. The van der Waals surface area contributed by atoms with Crippen molar-refractivity contribution in [3.63, 3.8) is 0 Å². The van der Waals surface area contributed by atoms with E-state index in [1.807, 2.05) is 6.07 Å². The Morgan fingerprint density at radius 3 is 2.96 bits per heavy atom. The standard InChI is InChI=1S/C18H20N2O3/c21-18(16-17(23-11-20-16)15-7-4-8-22-15)19-10-13-9-14(13)12-5-2-1-3-6-12/h1-3,5-6,11,13-15H,4,7-10H2,(H,19,21)/t13-,14-,15+/m0/s1. The molecule has 2 fully saturated rings. The van der Waals surface area contributed by atoms with E-state index >= 15 is 0 Å². The topological polar surface area (TPSA) is 64.4 Å². The van der Waals surface area contributed by atoms with E-state index in [1.54, 1.807) is 0 Å². The lowest BCUT2D eigenvalue weighted by Gasteiger charge is -2.08. The molecular formula is C18H20N2O3. The number of rotatable bonds is 5. The van der Waals surface area contributed by atoms with Gasteiger partial charge in [0.15, 0.2) is 17.8 Å². The maximum Gasteiger partial charge on any atom is 0.273 e. The lowest BCUT2D eigenvalue weighted by Crippen LogP contribution is -2.27. The second kappa shape index (κ2) is 6.16. The fourth-order valence-corrected chi connectivity index (χ4v) is 3.33. The van der Waals surface area contributed by atoms with E-state index in [0.717, 1.165) is 19.3 Å². The lowest BCUT2D eigenvalue weighted by molar-refractivity contribution is 0.0860. The molecule has 1 amide bonds. The Balaban J connectivity index is 1.34. The van der Waals surface area contributed by atoms with Crippen molar-refractivity contribution < 1.29 is 13.9 Å². The smallest absolute Gasteiger partial charge is 0.273 e. The van der Waals surface area contributed by atoms with Gasteiger partial charge in [-0.05, 0) is 36.7 Å². The maximum atomic E-state index is 12.4. The molecular weight excluding hydrogens is 292 g/mol. The van der Waals surface area contributed by atoms with Gasteiger partial charge in [-0.1, -0.05) is 30.3 Å². The Morgan fingerprint density at radius 1 is 1.30 bits per heavy atom. The highest BCUT2D eigenvalue weighted by Gasteiger charge is 2.38. The molecule has 3 atom stereocenters. The van der Waals surface area contributed by atoms with Crippen molar-refractivity contribution in [2.24, 2.45) is 5.92 Å². The van der Waals surface area contributed by atoms with Crippen LogP contribution in [0, 0.1) is 5.92 Å². The summed E-state index contributed by atoms with van der Waals surface area (Å²) in [6, 6.07) is 10.5. The van der Waals surface area contributed by atoms with Gasteiger partial charge in [-0.2, -0.15) is 0 Å². The summed E-state index contributed by atoms with van der Waals surface area (Å²) < 4.78 is 11.0. The molecule has 1 aliphatic heterocycles. The zero-order valence-corrected chi connectivity index (χ0v) is 12.9. The Morgan fingerprint density at radius 2 is 2.17 bits per heavy atom. The van der Waals surface area contributed by atoms with Gasteiger partial charge in [-0.15, -0.1) is 0 Å². The third-order valence-electron chi connectivity index (χ3n) is 4.71. The van der Waals surface area contributed by atoms with E-state index in [9.17, 15) is 4.79 Å². The van der Waals surface area contributed by atoms with Gasteiger partial charge < -0.3 is 14.5 Å². The van der Waals surface area contributed by atoms with Gasteiger partial charge in [-0.25, -0.2) is 4.98 Å². The number of benzene rings is 1. The molecule has 5 nitrogen and oxygen atoms in total. The summed E-state index contributed by atoms with van der Waals surface area (Å²) in [5.41, 5.74) is 1.72. The molecule has 1 aromatic heterocycles. The van der Waals surface area contributed by atoms with Crippen LogP contribution in [0.4, 0.5) is 0 Å². The summed E-state index contributed by atoms with van der Waals surface area (Å²) in [6.45, 7) is 1.39. The number of hydrogen-bond acceptors (Lipinski definition) is 4. The molecule has 120 valence electrons. The lowest BCUT2D eigenvalue weighted by atomic mass is 10.1. The first kappa shape index (κ1) is 14.5. The summed E-state index contributed by atoms with van der Waals surface area (Å²) in [6.07, 6.45) is 4.20. The molecule has 23 heavy (non-hydrogen) atoms. The van der Waals surface area contributed by atoms with Crippen molar-refractivity contribution in [3.05, 3.63) is 53.7 Å². The fraction of sp³-hybridized carbons (Fsp3) is 0.444. The molecule has 5 heteroatoms. The third kappa shape index (κ3) is 3.01. The zero-order chi connectivity index (χ0) is 15.6. The van der Waals surface area contributed by atoms with Crippen molar-refractivity contribution in [1.82, 2.24) is 10.3 Å². The van der Waals surface area contributed by atoms with E-state index in [1.165, 1.54) is 12.0 Å². The van der Waals surface area contributed by atoms with Gasteiger partial charge in [-0.3, -0.25) is 4.79 Å². The summed E-state index contributed by atoms with van der Waals surface area (Å²) in [5, 5.41) is 2.99. The number of aromatic nitrogens is 1. The van der Waals surface area contributed by atoms with Crippen LogP contribution in [0.5, 0.6) is 0 Å². The van der Waals surface area contributed by atoms with Crippen molar-refractivity contribution in [3.8, 4) is 0 Å². The van der Waals surface area contributed by atoms with Gasteiger partial charge >= 0.3 is 0 Å². The van der Waals surface area contributed by atoms with Crippen LogP contribution in [-0.2, 0) is 4.74 Å². The Hall–Kier alpha value is -2.14. The molecule has 1 saturated carbocycles. The fourth-order valence-electron chi connectivity index (χ4n) is 3.33. The highest BCUT2D eigenvalue weighted by molar-refractivity contribution is 5.93. The van der Waals surface area contributed by atoms with Crippen molar-refractivity contribution in [1.29, 1.82) is 0 Å². The van der Waals surface area contributed by atoms with Crippen LogP contribution in [0.15, 0.2) is 41.1 Å². The second-order valence-corrected chi connectivity index (χ2v) is 6.29. The first-order valence-electron chi connectivity index (χ1n) is 8.21. The minimum absolute atomic E-state index is 0.128. The van der Waals surface area contributed by atoms with E-state index in [4.69, 9.17) is 9.15 Å². The minimum Gasteiger partial charge on any atom is -0.445 e. The van der Waals surface area contributed by atoms with E-state index in [2.05, 4.69) is 34.6 Å². The molecule has 2 aliphatic rings. The van der Waals surface area contributed by atoms with Gasteiger partial charge in [0.05, 0.1) is 0 Å². The number of hydrogen-bond donors (Lipinski definition) is 1. The van der Waals surface area contributed by atoms with Gasteiger partial charge in [0.2, 0.25) is 0 Å². The first-order valence-corrected chi connectivity index (χ1v) is 8.21.